The normalized spacial score (nSPS) is 15.0. The van der Waals surface area contributed by atoms with Gasteiger partial charge < -0.3 is 15.3 Å². The molecule has 1 amide bonds. The van der Waals surface area contributed by atoms with Gasteiger partial charge in [0, 0.05) is 30.8 Å². The number of carboxylic acids is 1. The van der Waals surface area contributed by atoms with Gasteiger partial charge in [0.25, 0.3) is 11.5 Å². The molecule has 1 aromatic heterocycles. The number of hydrogen-bond donors (Lipinski definition) is 4. The van der Waals surface area contributed by atoms with Crippen LogP contribution in [0.25, 0.3) is 17.3 Å². The lowest BCUT2D eigenvalue weighted by atomic mass is 10.0. The first-order valence-electron chi connectivity index (χ1n) is 10.5. The van der Waals surface area contributed by atoms with Crippen LogP contribution in [-0.4, -0.2) is 54.7 Å². The van der Waals surface area contributed by atoms with E-state index in [1.165, 1.54) is 28.9 Å². The summed E-state index contributed by atoms with van der Waals surface area (Å²) in [6, 6.07) is 12.5. The molecule has 178 valence electrons. The molecular formula is C25H22N4O6. The van der Waals surface area contributed by atoms with Crippen LogP contribution in [0.3, 0.4) is 0 Å². The maximum atomic E-state index is 12.7. The topological polar surface area (TPSA) is 148 Å². The zero-order chi connectivity index (χ0) is 25.3. The molecule has 0 aliphatic carbocycles. The number of hydrogen-bond acceptors (Lipinski definition) is 6. The molecule has 3 aromatic rings. The van der Waals surface area contributed by atoms with Crippen molar-refractivity contribution in [3.63, 3.8) is 0 Å². The summed E-state index contributed by atoms with van der Waals surface area (Å²) in [5.41, 5.74) is 2.96. The Morgan fingerprint density at radius 1 is 1.00 bits per heavy atom. The van der Waals surface area contributed by atoms with E-state index in [1.807, 2.05) is 0 Å². The SMILES string of the molecule is CN1N=C(c2ccc(C(=O)O)cc2)/C(=C/C=C/c2c(-c3ccc(C(O)O)cc3)[nH]n(C)c2=O)C1=O. The van der Waals surface area contributed by atoms with Crippen molar-refractivity contribution in [2.75, 3.05) is 7.05 Å². The minimum atomic E-state index is -1.59. The fraction of sp³-hybridized carbons (Fsp3) is 0.120. The highest BCUT2D eigenvalue weighted by molar-refractivity contribution is 6.31. The molecule has 1 aliphatic rings. The number of amides is 1. The second kappa shape index (κ2) is 9.37. The van der Waals surface area contributed by atoms with Crippen LogP contribution in [-0.2, 0) is 11.8 Å². The molecule has 4 N–H and O–H groups in total. The van der Waals surface area contributed by atoms with Crippen molar-refractivity contribution in [2.24, 2.45) is 12.1 Å². The van der Waals surface area contributed by atoms with Crippen molar-refractivity contribution in [1.82, 2.24) is 14.8 Å². The Kier molecular flexibility index (Phi) is 6.32. The zero-order valence-corrected chi connectivity index (χ0v) is 18.8. The number of aryl methyl sites for hydroxylation is 1. The number of nitrogens with zero attached hydrogens (tertiary/aromatic N) is 3. The number of carbonyl (C=O) groups excluding carboxylic acids is 1. The molecule has 0 radical (unpaired) electrons. The van der Waals surface area contributed by atoms with Crippen molar-refractivity contribution in [2.45, 2.75) is 6.29 Å². The molecule has 4 rings (SSSR count). The van der Waals surface area contributed by atoms with Crippen LogP contribution in [0.15, 0.2) is 76.2 Å². The summed E-state index contributed by atoms with van der Waals surface area (Å²) in [7, 11) is 3.10. The number of benzene rings is 2. The van der Waals surface area contributed by atoms with Crippen molar-refractivity contribution in [3.05, 3.63) is 98.9 Å². The van der Waals surface area contributed by atoms with Crippen LogP contribution in [0.4, 0.5) is 0 Å². The predicted molar refractivity (Wildman–Crippen MR) is 128 cm³/mol. The first-order chi connectivity index (χ1) is 16.7. The molecule has 1 aliphatic heterocycles. The Balaban J connectivity index is 1.68. The fourth-order valence-electron chi connectivity index (χ4n) is 3.66. The molecule has 35 heavy (non-hydrogen) atoms. The largest absolute Gasteiger partial charge is 0.478 e. The van der Waals surface area contributed by atoms with Gasteiger partial charge in [-0.1, -0.05) is 42.5 Å². The van der Waals surface area contributed by atoms with E-state index in [0.717, 1.165) is 0 Å². The van der Waals surface area contributed by atoms with Gasteiger partial charge in [-0.3, -0.25) is 19.4 Å². The van der Waals surface area contributed by atoms with E-state index in [0.29, 0.717) is 39.2 Å². The second-order valence-electron chi connectivity index (χ2n) is 7.86. The van der Waals surface area contributed by atoms with E-state index in [9.17, 15) is 24.6 Å². The first kappa shape index (κ1) is 23.6. The van der Waals surface area contributed by atoms with Crippen molar-refractivity contribution in [3.8, 4) is 11.3 Å². The van der Waals surface area contributed by atoms with Crippen LogP contribution < -0.4 is 5.56 Å². The molecule has 0 fully saturated rings. The lowest BCUT2D eigenvalue weighted by Crippen LogP contribution is -2.17. The van der Waals surface area contributed by atoms with E-state index >= 15 is 0 Å². The van der Waals surface area contributed by atoms with E-state index in [4.69, 9.17) is 5.11 Å². The van der Waals surface area contributed by atoms with Crippen LogP contribution in [0.2, 0.25) is 0 Å². The number of H-pyrrole nitrogens is 1. The van der Waals surface area contributed by atoms with Gasteiger partial charge in [0.15, 0.2) is 6.29 Å². The summed E-state index contributed by atoms with van der Waals surface area (Å²) in [5.74, 6) is -1.39. The predicted octanol–water partition coefficient (Wildman–Crippen LogP) is 1.88. The molecule has 10 nitrogen and oxygen atoms in total. The summed E-state index contributed by atoms with van der Waals surface area (Å²) in [6.45, 7) is 0. The smallest absolute Gasteiger partial charge is 0.335 e. The lowest BCUT2D eigenvalue weighted by molar-refractivity contribution is -0.124. The molecule has 0 bridgehead atoms. The quantitative estimate of drug-likeness (QED) is 0.317. The number of aromatic nitrogens is 2. The number of aromatic carboxylic acids is 1. The molecule has 10 heteroatoms. The molecule has 2 heterocycles. The third kappa shape index (κ3) is 4.60. The number of nitrogens with one attached hydrogen (secondary N) is 1. The van der Waals surface area contributed by atoms with Crippen molar-refractivity contribution >= 4 is 23.7 Å². The number of rotatable bonds is 6. The Bertz CT molecular complexity index is 1440. The number of carboxylic acid groups (broad SMARTS) is 1. The number of aromatic amines is 1. The standard InChI is InChI=1S/C25H22N4O6/c1-28-22(30)18(20(26-28)14-6-10-16(11-7-14)24(32)33)4-3-5-19-21(27-29(2)23(19)31)15-8-12-17(13-9-15)25(34)35/h3-13,24,26,32-33H,1-2H3,(H,34,35)/b4-3+,19-5-. The number of likely N-dealkylation sites (N-methyl/N-ethyl adjacent to an activating group) is 1. The maximum Gasteiger partial charge on any atom is 0.335 e. The minimum absolute atomic E-state index is 0.120. The summed E-state index contributed by atoms with van der Waals surface area (Å²) >= 11 is 0. The fourth-order valence-corrected chi connectivity index (χ4v) is 3.66. The second-order valence-corrected chi connectivity index (χ2v) is 7.86. The van der Waals surface area contributed by atoms with Crippen LogP contribution in [0, 0.1) is 0 Å². The van der Waals surface area contributed by atoms with Gasteiger partial charge >= 0.3 is 5.97 Å². The van der Waals surface area contributed by atoms with E-state index in [-0.39, 0.29) is 17.0 Å². The Morgan fingerprint density at radius 3 is 2.23 bits per heavy atom. The monoisotopic (exact) mass is 474 g/mol. The molecule has 2 aromatic carbocycles. The van der Waals surface area contributed by atoms with Gasteiger partial charge in [0.1, 0.15) is 5.71 Å². The van der Waals surface area contributed by atoms with E-state index in [2.05, 4.69) is 10.2 Å². The molecule has 0 atom stereocenters. The Labute approximate surface area is 199 Å². The maximum absolute atomic E-state index is 12.7. The van der Waals surface area contributed by atoms with Gasteiger partial charge in [-0.25, -0.2) is 9.80 Å². The van der Waals surface area contributed by atoms with Crippen LogP contribution in [0.1, 0.15) is 33.3 Å². The Morgan fingerprint density at radius 2 is 1.63 bits per heavy atom. The van der Waals surface area contributed by atoms with Gasteiger partial charge in [-0.15, -0.1) is 0 Å². The van der Waals surface area contributed by atoms with Gasteiger partial charge in [-0.2, -0.15) is 5.10 Å². The van der Waals surface area contributed by atoms with Gasteiger partial charge in [-0.05, 0) is 24.3 Å². The number of aliphatic hydroxyl groups excluding tert-OH is 1. The van der Waals surface area contributed by atoms with E-state index < -0.39 is 12.3 Å². The van der Waals surface area contributed by atoms with Crippen molar-refractivity contribution in [1.29, 1.82) is 0 Å². The molecular weight excluding hydrogens is 452 g/mol. The third-order valence-electron chi connectivity index (χ3n) is 5.54. The Hall–Kier alpha value is -4.54. The first-order valence-corrected chi connectivity index (χ1v) is 10.5. The average molecular weight is 474 g/mol. The number of hydrazone groups is 1. The average Bonchev–Trinajstić information content (AvgIpc) is 3.29. The van der Waals surface area contributed by atoms with Crippen LogP contribution in [0.5, 0.6) is 0 Å². The summed E-state index contributed by atoms with van der Waals surface area (Å²) in [5, 5.41) is 36.1. The highest BCUT2D eigenvalue weighted by atomic mass is 16.5. The third-order valence-corrected chi connectivity index (χ3v) is 5.54. The zero-order valence-electron chi connectivity index (χ0n) is 18.8. The molecule has 0 saturated heterocycles. The number of aliphatic hydroxyl groups is 2. The highest BCUT2D eigenvalue weighted by Crippen LogP contribution is 2.24. The molecule has 0 saturated carbocycles. The highest BCUT2D eigenvalue weighted by Gasteiger charge is 2.28. The van der Waals surface area contributed by atoms with Gasteiger partial charge in [0.2, 0.25) is 0 Å². The number of allylic oxidation sites excluding steroid dienone is 2. The van der Waals surface area contributed by atoms with Crippen LogP contribution >= 0.6 is 0 Å². The lowest BCUT2D eigenvalue weighted by Gasteiger charge is -2.05. The van der Waals surface area contributed by atoms with Gasteiger partial charge in [0.05, 0.1) is 22.4 Å². The molecule has 0 spiro atoms. The van der Waals surface area contributed by atoms with E-state index in [1.54, 1.807) is 61.7 Å². The number of carbonyl (C=O) groups is 2. The molecule has 0 unspecified atom stereocenters. The summed E-state index contributed by atoms with van der Waals surface area (Å²) in [4.78, 5) is 36.5. The minimum Gasteiger partial charge on any atom is -0.478 e. The summed E-state index contributed by atoms with van der Waals surface area (Å²) in [6.07, 6.45) is 3.11. The van der Waals surface area contributed by atoms with Crippen molar-refractivity contribution < 1.29 is 24.9 Å². The summed E-state index contributed by atoms with van der Waals surface area (Å²) < 4.78 is 1.32.